The highest BCUT2D eigenvalue weighted by atomic mass is 16.5. The molecule has 0 spiro atoms. The van der Waals surface area contributed by atoms with Crippen LogP contribution in [-0.4, -0.2) is 19.3 Å². The van der Waals surface area contributed by atoms with Crippen LogP contribution in [0.15, 0.2) is 30.3 Å². The highest BCUT2D eigenvalue weighted by molar-refractivity contribution is 5.13. The van der Waals surface area contributed by atoms with Crippen molar-refractivity contribution in [3.8, 4) is 0 Å². The van der Waals surface area contributed by atoms with E-state index in [2.05, 4.69) is 12.1 Å². The van der Waals surface area contributed by atoms with Crippen molar-refractivity contribution in [3.63, 3.8) is 0 Å². The van der Waals surface area contributed by atoms with E-state index in [-0.39, 0.29) is 0 Å². The standard InChI is InChI=1S/C12H16O2/c1-2-4-11(5-3-1)10-14-12-6-8-13-9-7-12/h1-5,12H,6-10H2. The lowest BCUT2D eigenvalue weighted by Crippen LogP contribution is -2.23. The molecule has 0 N–H and O–H groups in total. The van der Waals surface area contributed by atoms with Gasteiger partial charge in [-0.3, -0.25) is 0 Å². The molecule has 2 rings (SSSR count). The van der Waals surface area contributed by atoms with Crippen LogP contribution in [0.1, 0.15) is 18.4 Å². The number of rotatable bonds is 3. The Hall–Kier alpha value is -0.860. The van der Waals surface area contributed by atoms with Crippen molar-refractivity contribution in [2.45, 2.75) is 25.6 Å². The van der Waals surface area contributed by atoms with Gasteiger partial charge in [-0.05, 0) is 18.4 Å². The fraction of sp³-hybridized carbons (Fsp3) is 0.500. The summed E-state index contributed by atoms with van der Waals surface area (Å²) in [6, 6.07) is 10.3. The fourth-order valence-electron chi connectivity index (χ4n) is 1.63. The molecule has 0 saturated carbocycles. The van der Waals surface area contributed by atoms with Crippen LogP contribution in [0.5, 0.6) is 0 Å². The zero-order chi connectivity index (χ0) is 9.64. The third-order valence-corrected chi connectivity index (χ3v) is 2.50. The lowest BCUT2D eigenvalue weighted by molar-refractivity contribution is -0.0390. The van der Waals surface area contributed by atoms with Crippen molar-refractivity contribution in [1.82, 2.24) is 0 Å². The highest BCUT2D eigenvalue weighted by Crippen LogP contribution is 2.12. The Labute approximate surface area is 84.8 Å². The molecule has 0 atom stereocenters. The largest absolute Gasteiger partial charge is 0.381 e. The van der Waals surface area contributed by atoms with Crippen molar-refractivity contribution < 1.29 is 9.47 Å². The second-order valence-corrected chi connectivity index (χ2v) is 3.61. The molecule has 2 heteroatoms. The molecule has 76 valence electrons. The third kappa shape index (κ3) is 2.82. The summed E-state index contributed by atoms with van der Waals surface area (Å²) in [5, 5.41) is 0. The molecule has 1 fully saturated rings. The van der Waals surface area contributed by atoms with E-state index in [0.29, 0.717) is 6.10 Å². The van der Waals surface area contributed by atoms with Gasteiger partial charge < -0.3 is 9.47 Å². The fourth-order valence-corrected chi connectivity index (χ4v) is 1.63. The van der Waals surface area contributed by atoms with E-state index in [4.69, 9.17) is 9.47 Å². The van der Waals surface area contributed by atoms with Gasteiger partial charge in [0.15, 0.2) is 0 Å². The van der Waals surface area contributed by atoms with E-state index in [0.717, 1.165) is 32.7 Å². The average molecular weight is 192 g/mol. The summed E-state index contributed by atoms with van der Waals surface area (Å²) in [5.41, 5.74) is 1.25. The Bertz CT molecular complexity index is 252. The summed E-state index contributed by atoms with van der Waals surface area (Å²) in [7, 11) is 0. The Morgan fingerprint density at radius 3 is 2.57 bits per heavy atom. The van der Waals surface area contributed by atoms with Crippen LogP contribution < -0.4 is 0 Å². The van der Waals surface area contributed by atoms with Crippen LogP contribution in [0.25, 0.3) is 0 Å². The lowest BCUT2D eigenvalue weighted by Gasteiger charge is -2.22. The molecular weight excluding hydrogens is 176 g/mol. The van der Waals surface area contributed by atoms with E-state index in [1.54, 1.807) is 0 Å². The Kier molecular flexibility index (Phi) is 3.55. The number of benzene rings is 1. The van der Waals surface area contributed by atoms with Gasteiger partial charge in [-0.2, -0.15) is 0 Å². The molecule has 1 aromatic carbocycles. The minimum Gasteiger partial charge on any atom is -0.381 e. The monoisotopic (exact) mass is 192 g/mol. The smallest absolute Gasteiger partial charge is 0.0720 e. The van der Waals surface area contributed by atoms with Crippen molar-refractivity contribution >= 4 is 0 Å². The first-order chi connectivity index (χ1) is 6.95. The predicted molar refractivity (Wildman–Crippen MR) is 55.1 cm³/mol. The van der Waals surface area contributed by atoms with Crippen LogP contribution in [0, 0.1) is 0 Å². The molecule has 0 unspecified atom stereocenters. The van der Waals surface area contributed by atoms with Crippen molar-refractivity contribution in [2.75, 3.05) is 13.2 Å². The molecule has 0 amide bonds. The predicted octanol–water partition coefficient (Wildman–Crippen LogP) is 2.38. The van der Waals surface area contributed by atoms with Crippen LogP contribution in [0.2, 0.25) is 0 Å². The van der Waals surface area contributed by atoms with Crippen molar-refractivity contribution in [3.05, 3.63) is 35.9 Å². The molecule has 1 aliphatic rings. The SMILES string of the molecule is c1ccc(COC2CCOCC2)cc1. The third-order valence-electron chi connectivity index (χ3n) is 2.50. The second-order valence-electron chi connectivity index (χ2n) is 3.61. The van der Waals surface area contributed by atoms with Crippen LogP contribution in [-0.2, 0) is 16.1 Å². The molecule has 0 bridgehead atoms. The molecule has 2 nitrogen and oxygen atoms in total. The van der Waals surface area contributed by atoms with Gasteiger partial charge in [0.25, 0.3) is 0 Å². The van der Waals surface area contributed by atoms with Crippen LogP contribution in [0.3, 0.4) is 0 Å². The van der Waals surface area contributed by atoms with Gasteiger partial charge in [0.2, 0.25) is 0 Å². The summed E-state index contributed by atoms with van der Waals surface area (Å²) in [4.78, 5) is 0. The maximum Gasteiger partial charge on any atom is 0.0720 e. The van der Waals surface area contributed by atoms with Gasteiger partial charge in [-0.1, -0.05) is 30.3 Å². The highest BCUT2D eigenvalue weighted by Gasteiger charge is 2.13. The minimum absolute atomic E-state index is 0.393. The van der Waals surface area contributed by atoms with Gasteiger partial charge in [0.05, 0.1) is 12.7 Å². The topological polar surface area (TPSA) is 18.5 Å². The zero-order valence-corrected chi connectivity index (χ0v) is 8.32. The normalized spacial score (nSPS) is 18.3. The van der Waals surface area contributed by atoms with E-state index >= 15 is 0 Å². The van der Waals surface area contributed by atoms with E-state index < -0.39 is 0 Å². The zero-order valence-electron chi connectivity index (χ0n) is 8.32. The maximum atomic E-state index is 5.79. The van der Waals surface area contributed by atoms with Gasteiger partial charge in [-0.15, -0.1) is 0 Å². The molecule has 14 heavy (non-hydrogen) atoms. The molecule has 1 heterocycles. The van der Waals surface area contributed by atoms with Crippen molar-refractivity contribution in [1.29, 1.82) is 0 Å². The van der Waals surface area contributed by atoms with Crippen molar-refractivity contribution in [2.24, 2.45) is 0 Å². The van der Waals surface area contributed by atoms with E-state index in [1.807, 2.05) is 18.2 Å². The lowest BCUT2D eigenvalue weighted by atomic mass is 10.1. The molecule has 1 aromatic rings. The van der Waals surface area contributed by atoms with Crippen LogP contribution in [0.4, 0.5) is 0 Å². The van der Waals surface area contributed by atoms with Gasteiger partial charge in [0.1, 0.15) is 0 Å². The van der Waals surface area contributed by atoms with Gasteiger partial charge in [-0.25, -0.2) is 0 Å². The molecule has 0 aliphatic carbocycles. The van der Waals surface area contributed by atoms with E-state index in [9.17, 15) is 0 Å². The minimum atomic E-state index is 0.393. The molecular formula is C12H16O2. The first kappa shape index (κ1) is 9.69. The number of ether oxygens (including phenoxy) is 2. The first-order valence-electron chi connectivity index (χ1n) is 5.18. The van der Waals surface area contributed by atoms with Gasteiger partial charge in [0, 0.05) is 13.2 Å². The van der Waals surface area contributed by atoms with Crippen LogP contribution >= 0.6 is 0 Å². The molecule has 1 saturated heterocycles. The maximum absolute atomic E-state index is 5.79. The summed E-state index contributed by atoms with van der Waals surface area (Å²) < 4.78 is 11.1. The summed E-state index contributed by atoms with van der Waals surface area (Å²) >= 11 is 0. The molecule has 0 radical (unpaired) electrons. The Morgan fingerprint density at radius 1 is 1.14 bits per heavy atom. The molecule has 1 aliphatic heterocycles. The summed E-state index contributed by atoms with van der Waals surface area (Å²) in [6.07, 6.45) is 2.46. The quantitative estimate of drug-likeness (QED) is 0.732. The summed E-state index contributed by atoms with van der Waals surface area (Å²) in [6.45, 7) is 2.42. The number of hydrogen-bond donors (Lipinski definition) is 0. The van der Waals surface area contributed by atoms with Gasteiger partial charge >= 0.3 is 0 Å². The second kappa shape index (κ2) is 5.13. The first-order valence-corrected chi connectivity index (χ1v) is 5.18. The Morgan fingerprint density at radius 2 is 1.86 bits per heavy atom. The summed E-state index contributed by atoms with van der Waals surface area (Å²) in [5.74, 6) is 0. The average Bonchev–Trinajstić information content (AvgIpc) is 2.29. The molecule has 0 aromatic heterocycles. The number of hydrogen-bond acceptors (Lipinski definition) is 2. The Balaban J connectivity index is 1.76. The van der Waals surface area contributed by atoms with E-state index in [1.165, 1.54) is 5.56 Å².